The summed E-state index contributed by atoms with van der Waals surface area (Å²) in [5.74, 6) is 1.89. The Morgan fingerprint density at radius 3 is 2.27 bits per heavy atom. The molecule has 0 aliphatic heterocycles. The normalized spacial score (nSPS) is 11.9. The van der Waals surface area contributed by atoms with E-state index in [1.54, 1.807) is 7.11 Å². The van der Waals surface area contributed by atoms with Gasteiger partial charge in [-0.3, -0.25) is 4.90 Å². The summed E-state index contributed by atoms with van der Waals surface area (Å²) in [6.07, 6.45) is 2.82. The van der Waals surface area contributed by atoms with Crippen LogP contribution in [-0.4, -0.2) is 39.5 Å². The van der Waals surface area contributed by atoms with Gasteiger partial charge in [0.2, 0.25) is 5.88 Å². The molecular weight excluding hydrogens is 462 g/mol. The number of hydrogen-bond acceptors (Lipinski definition) is 5. The maximum absolute atomic E-state index is 10.8. The Labute approximate surface area is 219 Å². The SMILES string of the molecule is C=CCC[C@H](O)CN(Cc1ccccc1)Cc1c(C)nn(-c2ccccc2)c1Oc1ccccc1OC. The first-order valence-corrected chi connectivity index (χ1v) is 12.6. The molecule has 0 saturated carbocycles. The molecule has 37 heavy (non-hydrogen) atoms. The van der Waals surface area contributed by atoms with E-state index in [9.17, 15) is 5.11 Å². The molecule has 1 atom stereocenters. The molecule has 4 rings (SSSR count). The van der Waals surface area contributed by atoms with Crippen LogP contribution >= 0.6 is 0 Å². The van der Waals surface area contributed by atoms with Crippen LogP contribution < -0.4 is 9.47 Å². The molecule has 0 radical (unpaired) electrons. The third-order valence-electron chi connectivity index (χ3n) is 6.22. The minimum absolute atomic E-state index is 0.468. The summed E-state index contributed by atoms with van der Waals surface area (Å²) < 4.78 is 13.9. The van der Waals surface area contributed by atoms with Crippen LogP contribution in [0, 0.1) is 6.92 Å². The second-order valence-corrected chi connectivity index (χ2v) is 9.04. The van der Waals surface area contributed by atoms with Gasteiger partial charge in [-0.05, 0) is 49.6 Å². The van der Waals surface area contributed by atoms with Gasteiger partial charge in [0.05, 0.1) is 30.2 Å². The number of nitrogens with zero attached hydrogens (tertiary/aromatic N) is 3. The lowest BCUT2D eigenvalue weighted by molar-refractivity contribution is 0.0978. The number of allylic oxidation sites excluding steroid dienone is 1. The molecular formula is C31H35N3O3. The van der Waals surface area contributed by atoms with Crippen LogP contribution in [0.1, 0.15) is 29.7 Å². The molecule has 0 amide bonds. The summed E-state index contributed by atoms with van der Waals surface area (Å²) in [6, 6.07) is 27.9. The smallest absolute Gasteiger partial charge is 0.227 e. The highest BCUT2D eigenvalue weighted by Gasteiger charge is 2.23. The van der Waals surface area contributed by atoms with E-state index in [1.807, 2.05) is 90.5 Å². The van der Waals surface area contributed by atoms with Gasteiger partial charge in [0.15, 0.2) is 11.5 Å². The van der Waals surface area contributed by atoms with E-state index in [4.69, 9.17) is 14.6 Å². The van der Waals surface area contributed by atoms with E-state index >= 15 is 0 Å². The molecule has 3 aromatic carbocycles. The molecule has 192 valence electrons. The van der Waals surface area contributed by atoms with Crippen LogP contribution in [0.25, 0.3) is 5.69 Å². The number of aliphatic hydroxyl groups excluding tert-OH is 1. The second kappa shape index (κ2) is 12.9. The fourth-order valence-electron chi connectivity index (χ4n) is 4.33. The Hall–Kier alpha value is -3.87. The van der Waals surface area contributed by atoms with E-state index in [-0.39, 0.29) is 0 Å². The highest BCUT2D eigenvalue weighted by atomic mass is 16.5. The number of hydrogen-bond donors (Lipinski definition) is 1. The fraction of sp³-hybridized carbons (Fsp3) is 0.258. The monoisotopic (exact) mass is 497 g/mol. The average molecular weight is 498 g/mol. The topological polar surface area (TPSA) is 59.8 Å². The maximum Gasteiger partial charge on any atom is 0.227 e. The van der Waals surface area contributed by atoms with Gasteiger partial charge in [-0.2, -0.15) is 5.10 Å². The number of ether oxygens (including phenoxy) is 2. The molecule has 1 aromatic heterocycles. The standard InChI is InChI=1S/C31H35N3O3/c1-4-5-18-27(35)22-33(21-25-14-8-6-9-15-25)23-28-24(2)32-34(26-16-10-7-11-17-26)31(28)37-30-20-13-12-19-29(30)36-3/h4,6-17,19-20,27,35H,1,5,18,21-23H2,2-3H3/t27-/m0/s1. The average Bonchev–Trinajstić information content (AvgIpc) is 3.23. The van der Waals surface area contributed by atoms with Crippen LogP contribution in [0.3, 0.4) is 0 Å². The Morgan fingerprint density at radius 2 is 1.59 bits per heavy atom. The quantitative estimate of drug-likeness (QED) is 0.219. The number of rotatable bonds is 13. The second-order valence-electron chi connectivity index (χ2n) is 9.04. The molecule has 6 nitrogen and oxygen atoms in total. The Balaban J connectivity index is 1.72. The van der Waals surface area contributed by atoms with Crippen molar-refractivity contribution in [3.63, 3.8) is 0 Å². The van der Waals surface area contributed by atoms with Gasteiger partial charge in [-0.1, -0.05) is 66.7 Å². The maximum atomic E-state index is 10.8. The molecule has 0 unspecified atom stereocenters. The van der Waals surface area contributed by atoms with Gasteiger partial charge < -0.3 is 14.6 Å². The predicted molar refractivity (Wildman–Crippen MR) is 147 cm³/mol. The Kier molecular flexibility index (Phi) is 9.13. The molecule has 0 aliphatic carbocycles. The Bertz CT molecular complexity index is 1270. The van der Waals surface area contributed by atoms with Crippen molar-refractivity contribution in [2.24, 2.45) is 0 Å². The van der Waals surface area contributed by atoms with Crippen molar-refractivity contribution in [2.75, 3.05) is 13.7 Å². The van der Waals surface area contributed by atoms with E-state index in [2.05, 4.69) is 23.6 Å². The van der Waals surface area contributed by atoms with Gasteiger partial charge in [0, 0.05) is 19.6 Å². The fourth-order valence-corrected chi connectivity index (χ4v) is 4.33. The van der Waals surface area contributed by atoms with Crippen molar-refractivity contribution in [1.82, 2.24) is 14.7 Å². The van der Waals surface area contributed by atoms with Crippen LogP contribution in [-0.2, 0) is 13.1 Å². The lowest BCUT2D eigenvalue weighted by Gasteiger charge is -2.25. The molecule has 4 aromatic rings. The minimum Gasteiger partial charge on any atom is -0.493 e. The van der Waals surface area contributed by atoms with Crippen molar-refractivity contribution in [1.29, 1.82) is 0 Å². The predicted octanol–water partition coefficient (Wildman–Crippen LogP) is 6.31. The van der Waals surface area contributed by atoms with Crippen molar-refractivity contribution in [3.05, 3.63) is 114 Å². The molecule has 6 heteroatoms. The van der Waals surface area contributed by atoms with Crippen molar-refractivity contribution >= 4 is 0 Å². The highest BCUT2D eigenvalue weighted by Crippen LogP contribution is 2.36. The van der Waals surface area contributed by atoms with E-state index in [1.165, 1.54) is 5.56 Å². The summed E-state index contributed by atoms with van der Waals surface area (Å²) in [6.45, 7) is 7.56. The molecule has 0 fully saturated rings. The summed E-state index contributed by atoms with van der Waals surface area (Å²) >= 11 is 0. The number of methoxy groups -OCH3 is 1. The summed E-state index contributed by atoms with van der Waals surface area (Å²) in [4.78, 5) is 2.25. The zero-order chi connectivity index (χ0) is 26.0. The van der Waals surface area contributed by atoms with Crippen LogP contribution in [0.2, 0.25) is 0 Å². The number of aryl methyl sites for hydroxylation is 1. The van der Waals surface area contributed by atoms with Crippen LogP contribution in [0.4, 0.5) is 0 Å². The Morgan fingerprint density at radius 1 is 0.946 bits per heavy atom. The number of benzene rings is 3. The zero-order valence-electron chi connectivity index (χ0n) is 21.6. The van der Waals surface area contributed by atoms with Crippen LogP contribution in [0.5, 0.6) is 17.4 Å². The van der Waals surface area contributed by atoms with Gasteiger partial charge >= 0.3 is 0 Å². The molecule has 0 aliphatic rings. The van der Waals surface area contributed by atoms with Gasteiger partial charge in [-0.25, -0.2) is 4.68 Å². The summed E-state index contributed by atoms with van der Waals surface area (Å²) in [5, 5.41) is 15.6. The van der Waals surface area contributed by atoms with Gasteiger partial charge in [-0.15, -0.1) is 6.58 Å². The molecule has 0 bridgehead atoms. The largest absolute Gasteiger partial charge is 0.493 e. The third-order valence-corrected chi connectivity index (χ3v) is 6.22. The third kappa shape index (κ3) is 6.88. The van der Waals surface area contributed by atoms with Crippen LogP contribution in [0.15, 0.2) is 97.6 Å². The van der Waals surface area contributed by atoms with Crippen molar-refractivity contribution in [3.8, 4) is 23.1 Å². The zero-order valence-corrected chi connectivity index (χ0v) is 21.6. The first kappa shape index (κ1) is 26.2. The van der Waals surface area contributed by atoms with E-state index in [0.717, 1.165) is 23.4 Å². The number of aromatic nitrogens is 2. The minimum atomic E-state index is -0.468. The first-order valence-electron chi connectivity index (χ1n) is 12.6. The molecule has 0 saturated heterocycles. The molecule has 0 spiro atoms. The summed E-state index contributed by atoms with van der Waals surface area (Å²) in [5.41, 5.74) is 3.91. The van der Waals surface area contributed by atoms with E-state index < -0.39 is 6.10 Å². The van der Waals surface area contributed by atoms with Gasteiger partial charge in [0.1, 0.15) is 0 Å². The van der Waals surface area contributed by atoms with Crippen molar-refractivity contribution < 1.29 is 14.6 Å². The summed E-state index contributed by atoms with van der Waals surface area (Å²) in [7, 11) is 1.63. The molecule has 1 heterocycles. The number of para-hydroxylation sites is 3. The highest BCUT2D eigenvalue weighted by molar-refractivity contribution is 5.47. The van der Waals surface area contributed by atoms with Gasteiger partial charge in [0.25, 0.3) is 0 Å². The lowest BCUT2D eigenvalue weighted by atomic mass is 10.1. The van der Waals surface area contributed by atoms with Crippen molar-refractivity contribution in [2.45, 2.75) is 39.0 Å². The molecule has 1 N–H and O–H groups in total. The first-order chi connectivity index (χ1) is 18.1. The van der Waals surface area contributed by atoms with E-state index in [0.29, 0.717) is 43.4 Å². The number of aliphatic hydroxyl groups is 1. The lowest BCUT2D eigenvalue weighted by Crippen LogP contribution is -2.32.